The summed E-state index contributed by atoms with van der Waals surface area (Å²) in [5, 5.41) is 39.6. The second-order valence-electron chi connectivity index (χ2n) is 5.56. The summed E-state index contributed by atoms with van der Waals surface area (Å²) in [5.74, 6) is -0.717. The van der Waals surface area contributed by atoms with Crippen molar-refractivity contribution in [2.45, 2.75) is 13.2 Å². The third-order valence-electron chi connectivity index (χ3n) is 4.11. The number of benzene rings is 2. The molecule has 122 valence electrons. The van der Waals surface area contributed by atoms with Crippen molar-refractivity contribution in [1.29, 1.82) is 0 Å². The molecule has 7 nitrogen and oxygen atoms in total. The standard InChI is InChI=1S/C17H12O7/c1-6-9(19)5-11-13(14(6)20)15(21)12-8-3-2-7(18)4-10(8)24-17(22)16(12)23-11/h2-5,17-20,22H,1H3/t17-/m1/s1. The number of aliphatic hydroxyl groups excluding tert-OH is 1. The number of rotatable bonds is 0. The fraction of sp³-hybridized carbons (Fsp3) is 0.118. The van der Waals surface area contributed by atoms with Crippen molar-refractivity contribution in [2.24, 2.45) is 0 Å². The van der Waals surface area contributed by atoms with Gasteiger partial charge in [0.05, 0.1) is 5.56 Å². The number of aliphatic hydroxyl groups is 1. The molecule has 3 aromatic rings. The van der Waals surface area contributed by atoms with Crippen LogP contribution in [0.1, 0.15) is 17.6 Å². The number of hydrogen-bond donors (Lipinski definition) is 4. The van der Waals surface area contributed by atoms with Crippen LogP contribution in [0, 0.1) is 6.92 Å². The third kappa shape index (κ3) is 1.79. The number of ether oxygens (including phenoxy) is 1. The molecule has 7 heteroatoms. The van der Waals surface area contributed by atoms with Crippen molar-refractivity contribution >= 4 is 11.0 Å². The van der Waals surface area contributed by atoms with E-state index < -0.39 is 11.7 Å². The number of phenolic OH excluding ortho intramolecular Hbond substituents is 3. The first-order chi connectivity index (χ1) is 11.4. The minimum absolute atomic E-state index is 0.0386. The topological polar surface area (TPSA) is 120 Å². The fourth-order valence-corrected chi connectivity index (χ4v) is 2.85. The zero-order valence-electron chi connectivity index (χ0n) is 12.4. The highest BCUT2D eigenvalue weighted by Gasteiger charge is 2.32. The van der Waals surface area contributed by atoms with E-state index in [-0.39, 0.29) is 50.9 Å². The summed E-state index contributed by atoms with van der Waals surface area (Å²) >= 11 is 0. The van der Waals surface area contributed by atoms with Gasteiger partial charge in [-0.15, -0.1) is 0 Å². The molecule has 1 aliphatic heterocycles. The highest BCUT2D eigenvalue weighted by molar-refractivity contribution is 5.91. The van der Waals surface area contributed by atoms with Crippen LogP contribution >= 0.6 is 0 Å². The van der Waals surface area contributed by atoms with Gasteiger partial charge in [0.2, 0.25) is 5.43 Å². The first-order valence-corrected chi connectivity index (χ1v) is 7.09. The molecule has 1 aliphatic rings. The smallest absolute Gasteiger partial charge is 0.257 e. The first-order valence-electron chi connectivity index (χ1n) is 7.09. The second kappa shape index (κ2) is 4.65. The van der Waals surface area contributed by atoms with E-state index in [1.165, 1.54) is 31.2 Å². The maximum atomic E-state index is 12.9. The molecule has 1 atom stereocenters. The zero-order valence-corrected chi connectivity index (χ0v) is 12.4. The summed E-state index contributed by atoms with van der Waals surface area (Å²) in [4.78, 5) is 12.9. The summed E-state index contributed by atoms with van der Waals surface area (Å²) in [6.07, 6.45) is -1.56. The summed E-state index contributed by atoms with van der Waals surface area (Å²) < 4.78 is 10.8. The molecule has 0 bridgehead atoms. The van der Waals surface area contributed by atoms with Crippen LogP contribution in [-0.4, -0.2) is 20.4 Å². The van der Waals surface area contributed by atoms with E-state index in [2.05, 4.69) is 0 Å². The van der Waals surface area contributed by atoms with E-state index in [1.54, 1.807) is 0 Å². The van der Waals surface area contributed by atoms with Gasteiger partial charge in [-0.25, -0.2) is 0 Å². The van der Waals surface area contributed by atoms with Crippen molar-refractivity contribution in [1.82, 2.24) is 0 Å². The van der Waals surface area contributed by atoms with E-state index in [0.29, 0.717) is 5.56 Å². The minimum atomic E-state index is -1.56. The normalized spacial score (nSPS) is 15.7. The Kier molecular flexibility index (Phi) is 2.79. The third-order valence-corrected chi connectivity index (χ3v) is 4.11. The molecule has 1 aromatic heterocycles. The van der Waals surface area contributed by atoms with Gasteiger partial charge in [0.1, 0.15) is 34.0 Å². The van der Waals surface area contributed by atoms with Crippen molar-refractivity contribution < 1.29 is 29.6 Å². The van der Waals surface area contributed by atoms with Gasteiger partial charge in [-0.2, -0.15) is 0 Å². The number of fused-ring (bicyclic) bond motifs is 4. The molecular formula is C17H12O7. The molecule has 24 heavy (non-hydrogen) atoms. The largest absolute Gasteiger partial charge is 0.508 e. The van der Waals surface area contributed by atoms with Crippen LogP contribution in [0.2, 0.25) is 0 Å². The van der Waals surface area contributed by atoms with Crippen LogP contribution in [0.5, 0.6) is 23.0 Å². The first kappa shape index (κ1) is 14.4. The average Bonchev–Trinajstić information content (AvgIpc) is 2.52. The Morgan fingerprint density at radius 1 is 1.12 bits per heavy atom. The van der Waals surface area contributed by atoms with Crippen molar-refractivity contribution in [3.05, 3.63) is 45.8 Å². The predicted octanol–water partition coefficient (Wildman–Crippen LogP) is 2.27. The summed E-state index contributed by atoms with van der Waals surface area (Å²) in [6, 6.07) is 5.30. The lowest BCUT2D eigenvalue weighted by molar-refractivity contribution is -0.0377. The summed E-state index contributed by atoms with van der Waals surface area (Å²) in [7, 11) is 0. The quantitative estimate of drug-likeness (QED) is 0.499. The van der Waals surface area contributed by atoms with Crippen molar-refractivity contribution in [3.63, 3.8) is 0 Å². The lowest BCUT2D eigenvalue weighted by atomic mass is 9.97. The van der Waals surface area contributed by atoms with Crippen LogP contribution in [0.25, 0.3) is 22.1 Å². The molecule has 0 radical (unpaired) electrons. The average molecular weight is 328 g/mol. The molecule has 0 amide bonds. The summed E-state index contributed by atoms with van der Waals surface area (Å²) in [5.41, 5.74) is -0.121. The Balaban J connectivity index is 2.18. The molecule has 0 saturated carbocycles. The van der Waals surface area contributed by atoms with Crippen LogP contribution < -0.4 is 10.2 Å². The Morgan fingerprint density at radius 2 is 1.88 bits per heavy atom. The van der Waals surface area contributed by atoms with Gasteiger partial charge in [-0.1, -0.05) is 0 Å². The molecule has 0 aliphatic carbocycles. The molecule has 2 heterocycles. The minimum Gasteiger partial charge on any atom is -0.508 e. The van der Waals surface area contributed by atoms with Gasteiger partial charge in [-0.3, -0.25) is 4.79 Å². The van der Waals surface area contributed by atoms with Gasteiger partial charge >= 0.3 is 0 Å². The van der Waals surface area contributed by atoms with Gasteiger partial charge in [0.15, 0.2) is 5.76 Å². The Hall–Kier alpha value is -3.19. The Bertz CT molecular complexity index is 1060. The molecule has 4 N–H and O–H groups in total. The predicted molar refractivity (Wildman–Crippen MR) is 83.2 cm³/mol. The van der Waals surface area contributed by atoms with Crippen LogP contribution in [0.3, 0.4) is 0 Å². The lowest BCUT2D eigenvalue weighted by Crippen LogP contribution is -2.20. The van der Waals surface area contributed by atoms with E-state index in [9.17, 15) is 25.2 Å². The Labute approximate surface area is 134 Å². The molecular weight excluding hydrogens is 316 g/mol. The molecule has 0 saturated heterocycles. The SMILES string of the molecule is Cc1c(O)cc2oc3c(c(=O)c2c1O)-c1ccc(O)cc1O[C@H]3O. The van der Waals surface area contributed by atoms with Gasteiger partial charge < -0.3 is 29.6 Å². The molecule has 4 rings (SSSR count). The number of aromatic hydroxyl groups is 3. The number of hydrogen-bond acceptors (Lipinski definition) is 7. The maximum absolute atomic E-state index is 12.9. The van der Waals surface area contributed by atoms with Crippen molar-refractivity contribution in [3.8, 4) is 34.1 Å². The number of phenols is 3. The fourth-order valence-electron chi connectivity index (χ4n) is 2.85. The van der Waals surface area contributed by atoms with E-state index >= 15 is 0 Å². The molecule has 0 fully saturated rings. The van der Waals surface area contributed by atoms with E-state index in [4.69, 9.17) is 9.15 Å². The monoisotopic (exact) mass is 328 g/mol. The zero-order chi connectivity index (χ0) is 17.2. The Morgan fingerprint density at radius 3 is 2.62 bits per heavy atom. The van der Waals surface area contributed by atoms with E-state index in [1.807, 2.05) is 0 Å². The molecule has 0 unspecified atom stereocenters. The highest BCUT2D eigenvalue weighted by atomic mass is 16.6. The molecule has 2 aromatic carbocycles. The maximum Gasteiger partial charge on any atom is 0.257 e. The second-order valence-corrected chi connectivity index (χ2v) is 5.56. The van der Waals surface area contributed by atoms with Crippen LogP contribution in [0.4, 0.5) is 0 Å². The van der Waals surface area contributed by atoms with Crippen LogP contribution in [0.15, 0.2) is 33.5 Å². The lowest BCUT2D eigenvalue weighted by Gasteiger charge is -2.24. The van der Waals surface area contributed by atoms with Gasteiger partial charge in [0.25, 0.3) is 6.29 Å². The van der Waals surface area contributed by atoms with Gasteiger partial charge in [0, 0.05) is 23.3 Å². The highest BCUT2D eigenvalue weighted by Crippen LogP contribution is 2.44. The summed E-state index contributed by atoms with van der Waals surface area (Å²) in [6.45, 7) is 1.47. The van der Waals surface area contributed by atoms with E-state index in [0.717, 1.165) is 0 Å². The van der Waals surface area contributed by atoms with Gasteiger partial charge in [-0.05, 0) is 19.1 Å². The molecule has 0 spiro atoms. The van der Waals surface area contributed by atoms with Crippen molar-refractivity contribution in [2.75, 3.05) is 0 Å². The van der Waals surface area contributed by atoms with Crippen LogP contribution in [-0.2, 0) is 0 Å².